The highest BCUT2D eigenvalue weighted by Crippen LogP contribution is 2.25. The predicted octanol–water partition coefficient (Wildman–Crippen LogP) is 1.91. The van der Waals surface area contributed by atoms with E-state index in [-0.39, 0.29) is 6.04 Å². The average molecular weight is 360 g/mol. The second-order valence-corrected chi connectivity index (χ2v) is 6.41. The van der Waals surface area contributed by atoms with Crippen molar-refractivity contribution in [2.24, 2.45) is 4.99 Å². The van der Waals surface area contributed by atoms with E-state index in [0.29, 0.717) is 31.2 Å². The lowest BCUT2D eigenvalue weighted by molar-refractivity contribution is 0.221. The van der Waals surface area contributed by atoms with Crippen molar-refractivity contribution in [3.05, 3.63) is 35.9 Å². The normalized spacial score (nSPS) is 16.8. The first-order chi connectivity index (χ1) is 12.8. The molecule has 26 heavy (non-hydrogen) atoms. The van der Waals surface area contributed by atoms with Gasteiger partial charge in [0, 0.05) is 19.5 Å². The Balaban J connectivity index is 1.58. The molecule has 2 aromatic heterocycles. The molecule has 1 fully saturated rings. The van der Waals surface area contributed by atoms with Crippen molar-refractivity contribution in [2.45, 2.75) is 39.2 Å². The van der Waals surface area contributed by atoms with Crippen molar-refractivity contribution in [1.29, 1.82) is 0 Å². The summed E-state index contributed by atoms with van der Waals surface area (Å²) in [6, 6.07) is 4.16. The van der Waals surface area contributed by atoms with Crippen LogP contribution in [0.25, 0.3) is 0 Å². The number of hydrogen-bond acceptors (Lipinski definition) is 6. The van der Waals surface area contributed by atoms with Gasteiger partial charge >= 0.3 is 0 Å². The van der Waals surface area contributed by atoms with Gasteiger partial charge in [0.05, 0.1) is 18.8 Å². The maximum absolute atomic E-state index is 5.66. The van der Waals surface area contributed by atoms with Crippen molar-refractivity contribution < 1.29 is 8.94 Å². The van der Waals surface area contributed by atoms with Gasteiger partial charge in [-0.15, -0.1) is 0 Å². The molecule has 0 saturated carbocycles. The van der Waals surface area contributed by atoms with Gasteiger partial charge in [-0.2, -0.15) is 4.98 Å². The standard InChI is InChI=1S/C18H28N6O2/c1-3-19-18(20-9-8-17-22-14(2)23-26-17)21-13-15(16-7-6-12-25-16)24-10-4-5-11-24/h6-7,12,15H,3-5,8-11,13H2,1-2H3,(H2,19,20,21). The molecule has 1 unspecified atom stereocenters. The summed E-state index contributed by atoms with van der Waals surface area (Å²) >= 11 is 0. The van der Waals surface area contributed by atoms with Gasteiger partial charge in [-0.3, -0.25) is 9.89 Å². The van der Waals surface area contributed by atoms with Crippen molar-refractivity contribution >= 4 is 5.96 Å². The molecule has 1 aliphatic rings. The van der Waals surface area contributed by atoms with Gasteiger partial charge in [0.15, 0.2) is 11.8 Å². The summed E-state index contributed by atoms with van der Waals surface area (Å²) in [5.41, 5.74) is 0. The Morgan fingerprint density at radius 3 is 2.85 bits per heavy atom. The Morgan fingerprint density at radius 2 is 2.19 bits per heavy atom. The number of furan rings is 1. The fourth-order valence-corrected chi connectivity index (χ4v) is 3.17. The number of rotatable bonds is 8. The zero-order chi connectivity index (χ0) is 18.2. The van der Waals surface area contributed by atoms with Crippen LogP contribution in [0, 0.1) is 6.92 Å². The van der Waals surface area contributed by atoms with Crippen LogP contribution < -0.4 is 10.6 Å². The van der Waals surface area contributed by atoms with E-state index in [1.54, 1.807) is 6.26 Å². The molecular formula is C18H28N6O2. The molecule has 1 aliphatic heterocycles. The summed E-state index contributed by atoms with van der Waals surface area (Å²) in [5.74, 6) is 3.07. The van der Waals surface area contributed by atoms with E-state index in [1.807, 2.05) is 19.1 Å². The minimum Gasteiger partial charge on any atom is -0.468 e. The Morgan fingerprint density at radius 1 is 1.35 bits per heavy atom. The Bertz CT molecular complexity index is 676. The Hall–Kier alpha value is -2.35. The average Bonchev–Trinajstić information content (AvgIpc) is 3.38. The summed E-state index contributed by atoms with van der Waals surface area (Å²) < 4.78 is 10.8. The fourth-order valence-electron chi connectivity index (χ4n) is 3.17. The molecule has 3 rings (SSSR count). The summed E-state index contributed by atoms with van der Waals surface area (Å²) in [7, 11) is 0. The molecule has 2 aromatic rings. The van der Waals surface area contributed by atoms with Crippen molar-refractivity contribution in [2.75, 3.05) is 32.7 Å². The van der Waals surface area contributed by atoms with Gasteiger partial charge < -0.3 is 19.6 Å². The number of guanidine groups is 1. The molecule has 0 aliphatic carbocycles. The second-order valence-electron chi connectivity index (χ2n) is 6.41. The van der Waals surface area contributed by atoms with Gasteiger partial charge in [-0.1, -0.05) is 5.16 Å². The largest absolute Gasteiger partial charge is 0.468 e. The zero-order valence-electron chi connectivity index (χ0n) is 15.6. The van der Waals surface area contributed by atoms with Crippen LogP contribution in [0.2, 0.25) is 0 Å². The predicted molar refractivity (Wildman–Crippen MR) is 99.0 cm³/mol. The Labute approximate surface area is 154 Å². The maximum atomic E-state index is 5.66. The molecule has 1 atom stereocenters. The third kappa shape index (κ3) is 5.08. The van der Waals surface area contributed by atoms with Crippen LogP contribution in [-0.4, -0.2) is 53.7 Å². The number of aromatic nitrogens is 2. The molecule has 8 nitrogen and oxygen atoms in total. The van der Waals surface area contributed by atoms with Gasteiger partial charge in [-0.05, 0) is 51.9 Å². The molecule has 8 heteroatoms. The summed E-state index contributed by atoms with van der Waals surface area (Å²) in [5, 5.41) is 10.4. The monoisotopic (exact) mass is 360 g/mol. The van der Waals surface area contributed by atoms with Crippen LogP contribution in [0.1, 0.15) is 43.3 Å². The second kappa shape index (κ2) is 9.38. The minimum absolute atomic E-state index is 0.182. The molecule has 0 aromatic carbocycles. The number of hydrogen-bond donors (Lipinski definition) is 2. The molecule has 142 valence electrons. The van der Waals surface area contributed by atoms with Crippen molar-refractivity contribution in [1.82, 2.24) is 25.7 Å². The van der Waals surface area contributed by atoms with E-state index in [9.17, 15) is 0 Å². The zero-order valence-corrected chi connectivity index (χ0v) is 15.6. The molecule has 0 radical (unpaired) electrons. The highest BCUT2D eigenvalue weighted by atomic mass is 16.5. The summed E-state index contributed by atoms with van der Waals surface area (Å²) in [4.78, 5) is 11.4. The SMILES string of the molecule is CCNC(=NCC(c1ccco1)N1CCCC1)NCCc1nc(C)no1. The van der Waals surface area contributed by atoms with Crippen LogP contribution >= 0.6 is 0 Å². The molecular weight excluding hydrogens is 332 g/mol. The van der Waals surface area contributed by atoms with Gasteiger partial charge in [0.1, 0.15) is 5.76 Å². The first-order valence-corrected chi connectivity index (χ1v) is 9.35. The van der Waals surface area contributed by atoms with Crippen LogP contribution in [0.5, 0.6) is 0 Å². The summed E-state index contributed by atoms with van der Waals surface area (Å²) in [6.45, 7) is 8.22. The third-order valence-electron chi connectivity index (χ3n) is 4.42. The first kappa shape index (κ1) is 18.4. The van der Waals surface area contributed by atoms with Crippen LogP contribution in [-0.2, 0) is 6.42 Å². The quantitative estimate of drug-likeness (QED) is 0.549. The minimum atomic E-state index is 0.182. The van der Waals surface area contributed by atoms with Gasteiger partial charge in [0.2, 0.25) is 5.89 Å². The maximum Gasteiger partial charge on any atom is 0.228 e. The van der Waals surface area contributed by atoms with Crippen LogP contribution in [0.4, 0.5) is 0 Å². The molecule has 0 bridgehead atoms. The van der Waals surface area contributed by atoms with Crippen molar-refractivity contribution in [3.8, 4) is 0 Å². The van der Waals surface area contributed by atoms with E-state index in [4.69, 9.17) is 13.9 Å². The Kier molecular flexibility index (Phi) is 6.65. The fraction of sp³-hybridized carbons (Fsp3) is 0.611. The number of nitrogens with one attached hydrogen (secondary N) is 2. The third-order valence-corrected chi connectivity index (χ3v) is 4.42. The topological polar surface area (TPSA) is 91.7 Å². The van der Waals surface area contributed by atoms with Crippen LogP contribution in [0.15, 0.2) is 32.3 Å². The number of aliphatic imine (C=N–C) groups is 1. The summed E-state index contributed by atoms with van der Waals surface area (Å²) in [6.07, 6.45) is 4.88. The van der Waals surface area contributed by atoms with E-state index in [1.165, 1.54) is 12.8 Å². The van der Waals surface area contributed by atoms with E-state index in [2.05, 4.69) is 32.6 Å². The van der Waals surface area contributed by atoms with E-state index in [0.717, 1.165) is 31.4 Å². The first-order valence-electron chi connectivity index (χ1n) is 9.35. The lowest BCUT2D eigenvalue weighted by atomic mass is 10.2. The lowest BCUT2D eigenvalue weighted by Gasteiger charge is -2.24. The molecule has 1 saturated heterocycles. The van der Waals surface area contributed by atoms with Crippen LogP contribution in [0.3, 0.4) is 0 Å². The number of aryl methyl sites for hydroxylation is 1. The molecule has 3 heterocycles. The van der Waals surface area contributed by atoms with Gasteiger partial charge in [-0.25, -0.2) is 0 Å². The van der Waals surface area contributed by atoms with E-state index < -0.39 is 0 Å². The molecule has 2 N–H and O–H groups in total. The van der Waals surface area contributed by atoms with Crippen molar-refractivity contribution in [3.63, 3.8) is 0 Å². The smallest absolute Gasteiger partial charge is 0.228 e. The van der Waals surface area contributed by atoms with E-state index >= 15 is 0 Å². The molecule has 0 spiro atoms. The van der Waals surface area contributed by atoms with Gasteiger partial charge in [0.25, 0.3) is 0 Å². The highest BCUT2D eigenvalue weighted by molar-refractivity contribution is 5.79. The number of nitrogens with zero attached hydrogens (tertiary/aromatic N) is 4. The number of likely N-dealkylation sites (tertiary alicyclic amines) is 1. The highest BCUT2D eigenvalue weighted by Gasteiger charge is 2.25. The lowest BCUT2D eigenvalue weighted by Crippen LogP contribution is -2.39. The molecule has 0 amide bonds.